The van der Waals surface area contributed by atoms with Gasteiger partial charge in [0.25, 0.3) is 5.91 Å². The van der Waals surface area contributed by atoms with Gasteiger partial charge in [-0.1, -0.05) is 6.07 Å². The molecule has 0 aliphatic heterocycles. The molecule has 0 radical (unpaired) electrons. The normalized spacial score (nSPS) is 9.63. The van der Waals surface area contributed by atoms with E-state index in [1.807, 2.05) is 6.07 Å². The molecule has 5 heteroatoms. The van der Waals surface area contributed by atoms with Crippen LogP contribution in [0.5, 0.6) is 5.75 Å². The van der Waals surface area contributed by atoms with E-state index in [9.17, 15) is 9.90 Å². The van der Waals surface area contributed by atoms with Crippen LogP contribution in [0.1, 0.15) is 15.9 Å². The third-order valence-corrected chi connectivity index (χ3v) is 2.51. The zero-order chi connectivity index (χ0) is 13.8. The van der Waals surface area contributed by atoms with Crippen LogP contribution >= 0.6 is 0 Å². The number of nitriles is 1. The van der Waals surface area contributed by atoms with E-state index < -0.39 is 5.91 Å². The van der Waals surface area contributed by atoms with Crippen LogP contribution in [-0.2, 0) is 0 Å². The van der Waals surface area contributed by atoms with Crippen molar-refractivity contribution in [2.45, 2.75) is 0 Å². The monoisotopic (exact) mass is 253 g/mol. The van der Waals surface area contributed by atoms with E-state index in [0.717, 1.165) is 0 Å². The van der Waals surface area contributed by atoms with Gasteiger partial charge in [-0.05, 0) is 36.4 Å². The lowest BCUT2D eigenvalue weighted by Crippen LogP contribution is -2.12. The van der Waals surface area contributed by atoms with Crippen LogP contribution in [0.15, 0.2) is 42.5 Å². The van der Waals surface area contributed by atoms with E-state index in [-0.39, 0.29) is 11.3 Å². The molecule has 0 aliphatic rings. The Morgan fingerprint density at radius 2 is 2.05 bits per heavy atom. The van der Waals surface area contributed by atoms with E-state index in [2.05, 4.69) is 5.32 Å². The Labute approximate surface area is 109 Å². The molecule has 2 rings (SSSR count). The van der Waals surface area contributed by atoms with Gasteiger partial charge in [0, 0.05) is 11.4 Å². The zero-order valence-electron chi connectivity index (χ0n) is 9.92. The number of nitrogens with two attached hydrogens (primary N) is 1. The standard InChI is InChI=1S/C14H11N3O2/c15-8-9-2-1-3-11(6-9)17-14(19)12-7-10(16)4-5-13(12)18/h1-7,18H,16H2,(H,17,19). The number of phenols is 1. The molecule has 0 heterocycles. The van der Waals surface area contributed by atoms with Gasteiger partial charge in [0.1, 0.15) is 5.75 Å². The maximum Gasteiger partial charge on any atom is 0.259 e. The molecule has 2 aromatic carbocycles. The molecule has 0 spiro atoms. The minimum Gasteiger partial charge on any atom is -0.507 e. The third kappa shape index (κ3) is 2.82. The first kappa shape index (κ1) is 12.5. The Hall–Kier alpha value is -3.00. The van der Waals surface area contributed by atoms with Crippen LogP contribution in [0.4, 0.5) is 11.4 Å². The van der Waals surface area contributed by atoms with Crippen LogP contribution in [0.3, 0.4) is 0 Å². The van der Waals surface area contributed by atoms with Crippen molar-refractivity contribution in [3.63, 3.8) is 0 Å². The maximum absolute atomic E-state index is 12.0. The minimum absolute atomic E-state index is 0.0855. The van der Waals surface area contributed by atoms with E-state index in [1.165, 1.54) is 18.2 Å². The van der Waals surface area contributed by atoms with Crippen LogP contribution < -0.4 is 11.1 Å². The van der Waals surface area contributed by atoms with Gasteiger partial charge >= 0.3 is 0 Å². The summed E-state index contributed by atoms with van der Waals surface area (Å²) < 4.78 is 0. The first-order valence-electron chi connectivity index (χ1n) is 5.50. The van der Waals surface area contributed by atoms with Crippen molar-refractivity contribution in [3.05, 3.63) is 53.6 Å². The number of benzene rings is 2. The fraction of sp³-hybridized carbons (Fsp3) is 0. The Balaban J connectivity index is 2.26. The fourth-order valence-electron chi connectivity index (χ4n) is 1.60. The molecule has 0 aromatic heterocycles. The summed E-state index contributed by atoms with van der Waals surface area (Å²) in [6, 6.07) is 12.7. The highest BCUT2D eigenvalue weighted by Crippen LogP contribution is 2.21. The highest BCUT2D eigenvalue weighted by Gasteiger charge is 2.11. The summed E-state index contributed by atoms with van der Waals surface area (Å²) in [7, 11) is 0. The number of hydrogen-bond donors (Lipinski definition) is 3. The number of nitrogen functional groups attached to an aromatic ring is 1. The SMILES string of the molecule is N#Cc1cccc(NC(=O)c2cc(N)ccc2O)c1. The van der Waals surface area contributed by atoms with E-state index in [0.29, 0.717) is 16.9 Å². The quantitative estimate of drug-likeness (QED) is 0.563. The van der Waals surface area contributed by atoms with Crippen LogP contribution in [0, 0.1) is 11.3 Å². The molecule has 1 amide bonds. The topological polar surface area (TPSA) is 99.1 Å². The highest BCUT2D eigenvalue weighted by atomic mass is 16.3. The zero-order valence-corrected chi connectivity index (χ0v) is 9.92. The molecule has 4 N–H and O–H groups in total. The third-order valence-electron chi connectivity index (χ3n) is 2.51. The van der Waals surface area contributed by atoms with Crippen molar-refractivity contribution in [2.24, 2.45) is 0 Å². The molecule has 5 nitrogen and oxygen atoms in total. The predicted molar refractivity (Wildman–Crippen MR) is 71.6 cm³/mol. The number of phenolic OH excluding ortho intramolecular Hbond substituents is 1. The van der Waals surface area contributed by atoms with Gasteiger partial charge < -0.3 is 16.2 Å². The second-order valence-corrected chi connectivity index (χ2v) is 3.92. The lowest BCUT2D eigenvalue weighted by atomic mass is 10.1. The molecule has 19 heavy (non-hydrogen) atoms. The molecule has 0 bridgehead atoms. The van der Waals surface area contributed by atoms with Crippen molar-refractivity contribution >= 4 is 17.3 Å². The number of amides is 1. The Kier molecular flexibility index (Phi) is 3.35. The summed E-state index contributed by atoms with van der Waals surface area (Å²) >= 11 is 0. The summed E-state index contributed by atoms with van der Waals surface area (Å²) in [6.45, 7) is 0. The van der Waals surface area contributed by atoms with Gasteiger partial charge in [-0.3, -0.25) is 4.79 Å². The van der Waals surface area contributed by atoms with Crippen molar-refractivity contribution in [1.29, 1.82) is 5.26 Å². The summed E-state index contributed by atoms with van der Waals surface area (Å²) in [5.74, 6) is -0.636. The van der Waals surface area contributed by atoms with Gasteiger partial charge in [0.15, 0.2) is 0 Å². The van der Waals surface area contributed by atoms with Gasteiger partial charge in [0.05, 0.1) is 17.2 Å². The summed E-state index contributed by atoms with van der Waals surface area (Å²) in [6.07, 6.45) is 0. The van der Waals surface area contributed by atoms with Crippen molar-refractivity contribution < 1.29 is 9.90 Å². The lowest BCUT2D eigenvalue weighted by molar-refractivity contribution is 0.102. The second-order valence-electron chi connectivity index (χ2n) is 3.92. The highest BCUT2D eigenvalue weighted by molar-refractivity contribution is 6.06. The number of hydrogen-bond acceptors (Lipinski definition) is 4. The molecule has 0 atom stereocenters. The molecular formula is C14H11N3O2. The molecule has 0 unspecified atom stereocenters. The summed E-state index contributed by atoms with van der Waals surface area (Å²) in [5.41, 5.74) is 6.96. The van der Waals surface area contributed by atoms with Gasteiger partial charge in [-0.15, -0.1) is 0 Å². The first-order valence-corrected chi connectivity index (χ1v) is 5.50. The lowest BCUT2D eigenvalue weighted by Gasteiger charge is -2.07. The largest absolute Gasteiger partial charge is 0.507 e. The number of carbonyl (C=O) groups is 1. The molecular weight excluding hydrogens is 242 g/mol. The van der Waals surface area contributed by atoms with E-state index in [1.54, 1.807) is 24.3 Å². The fourth-order valence-corrected chi connectivity index (χ4v) is 1.60. The van der Waals surface area contributed by atoms with Crippen molar-refractivity contribution in [2.75, 3.05) is 11.1 Å². The van der Waals surface area contributed by atoms with Crippen molar-refractivity contribution in [3.8, 4) is 11.8 Å². The maximum atomic E-state index is 12.0. The van der Waals surface area contributed by atoms with Crippen LogP contribution in [0.25, 0.3) is 0 Å². The average molecular weight is 253 g/mol. The van der Waals surface area contributed by atoms with Crippen LogP contribution in [0.2, 0.25) is 0 Å². The van der Waals surface area contributed by atoms with E-state index in [4.69, 9.17) is 11.0 Å². The smallest absolute Gasteiger partial charge is 0.259 e. The Bertz CT molecular complexity index is 675. The number of nitrogens with one attached hydrogen (secondary N) is 1. The summed E-state index contributed by atoms with van der Waals surface area (Å²) in [4.78, 5) is 12.0. The number of nitrogens with zero attached hydrogens (tertiary/aromatic N) is 1. The number of carbonyl (C=O) groups excluding carboxylic acids is 1. The molecule has 0 fully saturated rings. The second kappa shape index (κ2) is 5.10. The predicted octanol–water partition coefficient (Wildman–Crippen LogP) is 2.10. The molecule has 0 saturated carbocycles. The Morgan fingerprint density at radius 3 is 2.79 bits per heavy atom. The minimum atomic E-state index is -0.486. The molecule has 2 aromatic rings. The van der Waals surface area contributed by atoms with Crippen molar-refractivity contribution in [1.82, 2.24) is 0 Å². The molecule has 0 aliphatic carbocycles. The first-order chi connectivity index (χ1) is 9.10. The van der Waals surface area contributed by atoms with Gasteiger partial charge in [-0.2, -0.15) is 5.26 Å². The van der Waals surface area contributed by atoms with Crippen LogP contribution in [-0.4, -0.2) is 11.0 Å². The number of aromatic hydroxyl groups is 1. The van der Waals surface area contributed by atoms with Gasteiger partial charge in [0.2, 0.25) is 0 Å². The molecule has 0 saturated heterocycles. The Morgan fingerprint density at radius 1 is 1.26 bits per heavy atom. The average Bonchev–Trinajstić information content (AvgIpc) is 2.41. The molecule has 94 valence electrons. The summed E-state index contributed by atoms with van der Waals surface area (Å²) in [5, 5.41) is 21.0. The van der Waals surface area contributed by atoms with Gasteiger partial charge in [-0.25, -0.2) is 0 Å². The number of rotatable bonds is 2. The van der Waals surface area contributed by atoms with E-state index >= 15 is 0 Å². The number of anilines is 2.